The fourth-order valence-corrected chi connectivity index (χ4v) is 3.23. The van der Waals surface area contributed by atoms with E-state index in [-0.39, 0.29) is 12.3 Å². The molecule has 2 aromatic heterocycles. The minimum Gasteiger partial charge on any atom is -0.489 e. The number of nitrogens with zero attached hydrogens (tertiary/aromatic N) is 4. The van der Waals surface area contributed by atoms with Gasteiger partial charge in [0.05, 0.1) is 10.5 Å². The van der Waals surface area contributed by atoms with Crippen LogP contribution in [0.25, 0.3) is 10.7 Å². The predicted molar refractivity (Wildman–Crippen MR) is 110 cm³/mol. The number of rotatable bonds is 7. The summed E-state index contributed by atoms with van der Waals surface area (Å²) in [6.07, 6.45) is 3.41. The molecular weight excluding hydrogens is 390 g/mol. The molecule has 0 saturated heterocycles. The summed E-state index contributed by atoms with van der Waals surface area (Å²) in [4.78, 5) is 23.6. The third kappa shape index (κ3) is 4.53. The lowest BCUT2D eigenvalue weighted by Crippen LogP contribution is -2.01. The maximum Gasteiger partial charge on any atom is 0.276 e. The normalized spacial score (nSPS) is 10.5. The topological polar surface area (TPSA) is 103 Å². The molecule has 1 N–H and O–H groups in total. The summed E-state index contributed by atoms with van der Waals surface area (Å²) >= 11 is 1.51. The van der Waals surface area contributed by atoms with E-state index in [1.54, 1.807) is 42.7 Å². The molecule has 0 unspecified atom stereocenters. The van der Waals surface area contributed by atoms with Crippen molar-refractivity contribution in [3.63, 3.8) is 0 Å². The van der Waals surface area contributed by atoms with Crippen LogP contribution in [0.1, 0.15) is 5.56 Å². The number of anilines is 2. The molecule has 0 radical (unpaired) electrons. The van der Waals surface area contributed by atoms with Crippen LogP contribution in [-0.2, 0) is 6.61 Å². The van der Waals surface area contributed by atoms with Gasteiger partial charge in [-0.2, -0.15) is 0 Å². The van der Waals surface area contributed by atoms with Crippen LogP contribution in [0.4, 0.5) is 17.3 Å². The summed E-state index contributed by atoms with van der Waals surface area (Å²) in [6.45, 7) is 0.114. The number of ether oxygens (including phenoxy) is 1. The summed E-state index contributed by atoms with van der Waals surface area (Å²) in [6, 6.07) is 15.5. The predicted octanol–water partition coefficient (Wildman–Crippen LogP) is 4.83. The highest BCUT2D eigenvalue weighted by Gasteiger charge is 2.12. The highest BCUT2D eigenvalue weighted by atomic mass is 32.1. The molecule has 29 heavy (non-hydrogen) atoms. The molecule has 144 valence electrons. The highest BCUT2D eigenvalue weighted by molar-refractivity contribution is 7.13. The molecule has 0 fully saturated rings. The van der Waals surface area contributed by atoms with Gasteiger partial charge < -0.3 is 10.1 Å². The summed E-state index contributed by atoms with van der Waals surface area (Å²) in [5.74, 6) is 1.07. The number of para-hydroxylation sites is 1. The Hall–Kier alpha value is -3.85. The van der Waals surface area contributed by atoms with E-state index in [9.17, 15) is 10.1 Å². The van der Waals surface area contributed by atoms with Crippen molar-refractivity contribution in [3.8, 4) is 16.5 Å². The van der Waals surface area contributed by atoms with Crippen molar-refractivity contribution in [3.05, 3.63) is 88.0 Å². The molecule has 0 bridgehead atoms. The average Bonchev–Trinajstić information content (AvgIpc) is 3.29. The molecule has 2 heterocycles. The first-order chi connectivity index (χ1) is 14.2. The Morgan fingerprint density at radius 3 is 2.62 bits per heavy atom. The zero-order chi connectivity index (χ0) is 20.1. The van der Waals surface area contributed by atoms with Gasteiger partial charge in [-0.05, 0) is 36.4 Å². The Balaban J connectivity index is 1.41. The molecule has 4 rings (SSSR count). The highest BCUT2D eigenvalue weighted by Crippen LogP contribution is 2.24. The third-order valence-corrected chi connectivity index (χ3v) is 4.80. The first-order valence-electron chi connectivity index (χ1n) is 8.64. The van der Waals surface area contributed by atoms with Gasteiger partial charge in [-0.15, -0.1) is 11.3 Å². The SMILES string of the molecule is O=[N+]([O-])c1ccccc1COc1ccc(Nc2nccc(-c3nccs3)n2)cc1. The molecule has 0 saturated carbocycles. The van der Waals surface area contributed by atoms with Gasteiger partial charge in [0.15, 0.2) is 0 Å². The monoisotopic (exact) mass is 405 g/mol. The molecule has 8 nitrogen and oxygen atoms in total. The lowest BCUT2D eigenvalue weighted by Gasteiger charge is -2.09. The number of aromatic nitrogens is 3. The van der Waals surface area contributed by atoms with E-state index in [2.05, 4.69) is 20.3 Å². The van der Waals surface area contributed by atoms with Crippen LogP contribution in [0.15, 0.2) is 72.4 Å². The van der Waals surface area contributed by atoms with Gasteiger partial charge in [-0.1, -0.05) is 12.1 Å². The maximum atomic E-state index is 11.1. The fourth-order valence-electron chi connectivity index (χ4n) is 2.62. The number of thiazole rings is 1. The number of benzene rings is 2. The summed E-state index contributed by atoms with van der Waals surface area (Å²) < 4.78 is 5.69. The molecule has 0 aliphatic carbocycles. The molecule has 0 amide bonds. The Morgan fingerprint density at radius 1 is 1.03 bits per heavy atom. The van der Waals surface area contributed by atoms with E-state index in [0.717, 1.165) is 16.4 Å². The van der Waals surface area contributed by atoms with Gasteiger partial charge in [0.1, 0.15) is 23.1 Å². The van der Waals surface area contributed by atoms with E-state index in [1.165, 1.54) is 17.4 Å². The van der Waals surface area contributed by atoms with Gasteiger partial charge in [-0.25, -0.2) is 15.0 Å². The summed E-state index contributed by atoms with van der Waals surface area (Å²) in [5.41, 5.74) is 2.11. The molecule has 9 heteroatoms. The van der Waals surface area contributed by atoms with Crippen molar-refractivity contribution in [2.45, 2.75) is 6.61 Å². The van der Waals surface area contributed by atoms with Gasteiger partial charge in [-0.3, -0.25) is 10.1 Å². The van der Waals surface area contributed by atoms with Crippen LogP contribution in [0.5, 0.6) is 5.75 Å². The van der Waals surface area contributed by atoms with Crippen LogP contribution >= 0.6 is 11.3 Å². The van der Waals surface area contributed by atoms with Crippen LogP contribution in [-0.4, -0.2) is 19.9 Å². The van der Waals surface area contributed by atoms with E-state index in [0.29, 0.717) is 17.3 Å². The minimum absolute atomic E-state index is 0.0445. The van der Waals surface area contributed by atoms with Crippen molar-refractivity contribution < 1.29 is 9.66 Å². The van der Waals surface area contributed by atoms with Crippen LogP contribution in [0, 0.1) is 10.1 Å². The van der Waals surface area contributed by atoms with E-state index in [4.69, 9.17) is 4.74 Å². The van der Waals surface area contributed by atoms with E-state index >= 15 is 0 Å². The van der Waals surface area contributed by atoms with Crippen molar-refractivity contribution in [1.82, 2.24) is 15.0 Å². The first-order valence-corrected chi connectivity index (χ1v) is 9.52. The van der Waals surface area contributed by atoms with Crippen molar-refractivity contribution in [1.29, 1.82) is 0 Å². The molecule has 0 atom stereocenters. The molecule has 2 aromatic carbocycles. The lowest BCUT2D eigenvalue weighted by molar-refractivity contribution is -0.385. The minimum atomic E-state index is -0.411. The third-order valence-electron chi connectivity index (χ3n) is 4.00. The van der Waals surface area contributed by atoms with Crippen molar-refractivity contribution in [2.75, 3.05) is 5.32 Å². The number of hydrogen-bond donors (Lipinski definition) is 1. The largest absolute Gasteiger partial charge is 0.489 e. The molecule has 4 aromatic rings. The van der Waals surface area contributed by atoms with Gasteiger partial charge in [0, 0.05) is 29.5 Å². The second-order valence-electron chi connectivity index (χ2n) is 5.93. The molecule has 0 spiro atoms. The molecular formula is C20H15N5O3S. The van der Waals surface area contributed by atoms with Crippen molar-refractivity contribution >= 4 is 28.7 Å². The van der Waals surface area contributed by atoms with Gasteiger partial charge in [0.25, 0.3) is 5.69 Å². The number of nitro benzene ring substituents is 1. The molecule has 0 aliphatic heterocycles. The standard InChI is InChI=1S/C20H15N5O3S/c26-25(27)18-4-2-1-3-14(18)13-28-16-7-5-15(6-8-16)23-20-22-10-9-17(24-20)19-21-11-12-29-19/h1-12H,13H2,(H,22,23,24). The quantitative estimate of drug-likeness (QED) is 0.347. The average molecular weight is 405 g/mol. The Morgan fingerprint density at radius 2 is 1.86 bits per heavy atom. The van der Waals surface area contributed by atoms with Gasteiger partial charge >= 0.3 is 0 Å². The zero-order valence-corrected chi connectivity index (χ0v) is 15.9. The van der Waals surface area contributed by atoms with Crippen molar-refractivity contribution in [2.24, 2.45) is 0 Å². The zero-order valence-electron chi connectivity index (χ0n) is 15.1. The lowest BCUT2D eigenvalue weighted by atomic mass is 10.2. The fraction of sp³-hybridized carbons (Fsp3) is 0.0500. The number of nitrogens with one attached hydrogen (secondary N) is 1. The second kappa shape index (κ2) is 8.44. The van der Waals surface area contributed by atoms with Gasteiger partial charge in [0.2, 0.25) is 5.95 Å². The van der Waals surface area contributed by atoms with Crippen LogP contribution < -0.4 is 10.1 Å². The first kappa shape index (κ1) is 18.5. The molecule has 0 aliphatic rings. The smallest absolute Gasteiger partial charge is 0.276 e. The Bertz CT molecular complexity index is 1120. The Labute approximate surface area is 170 Å². The number of hydrogen-bond acceptors (Lipinski definition) is 8. The van der Waals surface area contributed by atoms with Crippen LogP contribution in [0.3, 0.4) is 0 Å². The van der Waals surface area contributed by atoms with E-state index < -0.39 is 4.92 Å². The summed E-state index contributed by atoms with van der Waals surface area (Å²) in [5, 5.41) is 16.9. The van der Waals surface area contributed by atoms with E-state index in [1.807, 2.05) is 23.6 Å². The summed E-state index contributed by atoms with van der Waals surface area (Å²) in [7, 11) is 0. The van der Waals surface area contributed by atoms with Crippen LogP contribution in [0.2, 0.25) is 0 Å². The Kier molecular flexibility index (Phi) is 5.39. The number of nitro groups is 1. The maximum absolute atomic E-state index is 11.1. The second-order valence-corrected chi connectivity index (χ2v) is 6.82.